The number of hydrogen-bond acceptors (Lipinski definition) is 5. The Morgan fingerprint density at radius 1 is 1.14 bits per heavy atom. The number of carbonyl (C=O) groups is 2. The first-order chi connectivity index (χ1) is 16.4. The number of thioether (sulfide) groups is 1. The summed E-state index contributed by atoms with van der Waals surface area (Å²) < 4.78 is 22.3. The third-order valence-electron chi connectivity index (χ3n) is 6.28. The summed E-state index contributed by atoms with van der Waals surface area (Å²) in [6.07, 6.45) is 0. The summed E-state index contributed by atoms with van der Waals surface area (Å²) in [7, 11) is 0. The van der Waals surface area contributed by atoms with Gasteiger partial charge in [0.15, 0.2) is 0 Å². The molecule has 0 aliphatic carbocycles. The molecule has 2 aromatic rings. The van der Waals surface area contributed by atoms with Crippen molar-refractivity contribution in [3.8, 4) is 0 Å². The Kier molecular flexibility index (Phi) is 7.03. The highest BCUT2D eigenvalue weighted by molar-refractivity contribution is 8.00. The highest BCUT2D eigenvalue weighted by Crippen LogP contribution is 2.49. The molecule has 9 heteroatoms. The molecule has 3 heterocycles. The monoisotopic (exact) mass is 502 g/mol. The van der Waals surface area contributed by atoms with Crippen LogP contribution in [0.5, 0.6) is 0 Å². The number of aromatic nitrogens is 2. The molecule has 1 fully saturated rings. The SMILES string of the molecule is CC(C)(C)c1nn(C(C)(C)C)c2c1C(c1ccccc1F)SCC(=O)N2CC(=O)N1CCOCC1. The van der Waals surface area contributed by atoms with Crippen molar-refractivity contribution in [2.45, 2.75) is 57.7 Å². The fraction of sp³-hybridized carbons (Fsp3) is 0.577. The molecular weight excluding hydrogens is 467 g/mol. The molecule has 35 heavy (non-hydrogen) atoms. The largest absolute Gasteiger partial charge is 0.378 e. The average Bonchev–Trinajstić information content (AvgIpc) is 3.15. The Morgan fingerprint density at radius 2 is 1.80 bits per heavy atom. The van der Waals surface area contributed by atoms with Crippen LogP contribution in [0.15, 0.2) is 24.3 Å². The minimum Gasteiger partial charge on any atom is -0.378 e. The molecule has 1 aromatic heterocycles. The number of halogens is 1. The lowest BCUT2D eigenvalue weighted by Gasteiger charge is -2.32. The molecule has 0 spiro atoms. The van der Waals surface area contributed by atoms with Gasteiger partial charge in [-0.05, 0) is 26.8 Å². The second kappa shape index (κ2) is 9.58. The Balaban J connectivity index is 1.93. The molecule has 4 rings (SSSR count). The van der Waals surface area contributed by atoms with Crippen LogP contribution in [-0.2, 0) is 25.3 Å². The Hall–Kier alpha value is -2.39. The maximum atomic E-state index is 15.1. The van der Waals surface area contributed by atoms with Gasteiger partial charge >= 0.3 is 0 Å². The van der Waals surface area contributed by atoms with Crippen LogP contribution in [0, 0.1) is 5.82 Å². The fourth-order valence-electron chi connectivity index (χ4n) is 4.52. The van der Waals surface area contributed by atoms with Crippen molar-refractivity contribution >= 4 is 29.4 Å². The summed E-state index contributed by atoms with van der Waals surface area (Å²) in [6.45, 7) is 14.2. The predicted molar refractivity (Wildman–Crippen MR) is 136 cm³/mol. The van der Waals surface area contributed by atoms with Crippen LogP contribution in [0.25, 0.3) is 0 Å². The Morgan fingerprint density at radius 3 is 2.40 bits per heavy atom. The Labute approximate surface area is 211 Å². The number of hydrogen-bond donors (Lipinski definition) is 0. The number of morpholine rings is 1. The molecule has 1 aromatic carbocycles. The summed E-state index contributed by atoms with van der Waals surface area (Å²) in [5.74, 6) is 0.109. The van der Waals surface area contributed by atoms with E-state index in [0.29, 0.717) is 37.7 Å². The van der Waals surface area contributed by atoms with Crippen molar-refractivity contribution in [2.75, 3.05) is 43.5 Å². The topological polar surface area (TPSA) is 67.7 Å². The number of fused-ring (bicyclic) bond motifs is 1. The first-order valence-electron chi connectivity index (χ1n) is 12.1. The van der Waals surface area contributed by atoms with Crippen molar-refractivity contribution in [2.24, 2.45) is 0 Å². The average molecular weight is 503 g/mol. The van der Waals surface area contributed by atoms with Crippen LogP contribution in [0.3, 0.4) is 0 Å². The van der Waals surface area contributed by atoms with Crippen molar-refractivity contribution in [1.29, 1.82) is 0 Å². The molecular formula is C26H35FN4O3S. The van der Waals surface area contributed by atoms with Crippen LogP contribution in [0.1, 0.15) is 63.6 Å². The van der Waals surface area contributed by atoms with E-state index in [1.54, 1.807) is 21.9 Å². The lowest BCUT2D eigenvalue weighted by atomic mass is 9.87. The first kappa shape index (κ1) is 25.7. The number of ether oxygens (including phenoxy) is 1. The van der Waals surface area contributed by atoms with Gasteiger partial charge in [0.05, 0.1) is 35.4 Å². The van der Waals surface area contributed by atoms with Crippen molar-refractivity contribution < 1.29 is 18.7 Å². The quantitative estimate of drug-likeness (QED) is 0.632. The van der Waals surface area contributed by atoms with Crippen molar-refractivity contribution in [1.82, 2.24) is 14.7 Å². The van der Waals surface area contributed by atoms with E-state index in [2.05, 4.69) is 20.8 Å². The Bertz CT molecular complexity index is 1110. The second-order valence-corrected chi connectivity index (χ2v) is 12.2. The maximum absolute atomic E-state index is 15.1. The molecule has 1 saturated heterocycles. The van der Waals surface area contributed by atoms with Gasteiger partial charge in [-0.2, -0.15) is 5.10 Å². The van der Waals surface area contributed by atoms with Crippen LogP contribution in [-0.4, -0.2) is 65.1 Å². The molecule has 0 N–H and O–H groups in total. The van der Waals surface area contributed by atoms with E-state index in [-0.39, 0.29) is 35.3 Å². The molecule has 190 valence electrons. The molecule has 2 amide bonds. The zero-order valence-electron chi connectivity index (χ0n) is 21.4. The zero-order chi connectivity index (χ0) is 25.5. The summed E-state index contributed by atoms with van der Waals surface area (Å²) in [4.78, 5) is 30.2. The van der Waals surface area contributed by atoms with Gasteiger partial charge in [-0.1, -0.05) is 39.0 Å². The van der Waals surface area contributed by atoms with Crippen LogP contribution in [0.2, 0.25) is 0 Å². The molecule has 0 bridgehead atoms. The lowest BCUT2D eigenvalue weighted by molar-refractivity contribution is -0.134. The molecule has 7 nitrogen and oxygen atoms in total. The fourth-order valence-corrected chi connectivity index (χ4v) is 5.74. The van der Waals surface area contributed by atoms with Gasteiger partial charge in [0.2, 0.25) is 11.8 Å². The molecule has 0 saturated carbocycles. The van der Waals surface area contributed by atoms with Crippen molar-refractivity contribution in [3.05, 3.63) is 46.9 Å². The standard InChI is InChI=1S/C26H35FN4O3S/c1-25(2,3)23-21-22(17-9-7-8-10-18(17)27)35-16-20(33)30(24(21)31(28-23)26(4,5)6)15-19(32)29-11-13-34-14-12-29/h7-10,22H,11-16H2,1-6H3. The maximum Gasteiger partial charge on any atom is 0.242 e. The van der Waals surface area contributed by atoms with E-state index < -0.39 is 10.8 Å². The third kappa shape index (κ3) is 5.11. The minimum atomic E-state index is -0.469. The molecule has 1 atom stereocenters. The summed E-state index contributed by atoms with van der Waals surface area (Å²) in [5.41, 5.74) is 1.30. The first-order valence-corrected chi connectivity index (χ1v) is 13.1. The van der Waals surface area contributed by atoms with Gasteiger partial charge in [-0.25, -0.2) is 9.07 Å². The molecule has 0 radical (unpaired) electrons. The summed E-state index contributed by atoms with van der Waals surface area (Å²) in [5, 5.41) is 4.60. The number of rotatable bonds is 3. The third-order valence-corrected chi connectivity index (χ3v) is 7.52. The normalized spacial score (nSPS) is 19.5. The van der Waals surface area contributed by atoms with Gasteiger partial charge < -0.3 is 9.64 Å². The molecule has 2 aliphatic heterocycles. The number of anilines is 1. The van der Waals surface area contributed by atoms with Gasteiger partial charge in [0.1, 0.15) is 18.2 Å². The van der Waals surface area contributed by atoms with Gasteiger partial charge in [0.25, 0.3) is 0 Å². The smallest absolute Gasteiger partial charge is 0.242 e. The van der Waals surface area contributed by atoms with Crippen LogP contribution < -0.4 is 4.90 Å². The number of amides is 2. The number of carbonyl (C=O) groups excluding carboxylic acids is 2. The second-order valence-electron chi connectivity index (χ2n) is 11.1. The van der Waals surface area contributed by atoms with E-state index >= 15 is 4.39 Å². The molecule has 1 unspecified atom stereocenters. The van der Waals surface area contributed by atoms with Gasteiger partial charge in [-0.3, -0.25) is 14.5 Å². The highest BCUT2D eigenvalue weighted by atomic mass is 32.2. The van der Waals surface area contributed by atoms with Gasteiger partial charge in [0, 0.05) is 29.6 Å². The van der Waals surface area contributed by atoms with E-state index in [4.69, 9.17) is 9.84 Å². The van der Waals surface area contributed by atoms with E-state index in [1.807, 2.05) is 31.5 Å². The van der Waals surface area contributed by atoms with Crippen molar-refractivity contribution in [3.63, 3.8) is 0 Å². The van der Waals surface area contributed by atoms with E-state index in [9.17, 15) is 9.59 Å². The molecule has 2 aliphatic rings. The number of nitrogens with zero attached hydrogens (tertiary/aromatic N) is 4. The minimum absolute atomic E-state index is 0.0816. The predicted octanol–water partition coefficient (Wildman–Crippen LogP) is 4.10. The summed E-state index contributed by atoms with van der Waals surface area (Å²) in [6, 6.07) is 6.71. The van der Waals surface area contributed by atoms with Crippen LogP contribution >= 0.6 is 11.8 Å². The lowest BCUT2D eigenvalue weighted by Crippen LogP contribution is -2.48. The highest BCUT2D eigenvalue weighted by Gasteiger charge is 2.42. The summed E-state index contributed by atoms with van der Waals surface area (Å²) >= 11 is 1.39. The zero-order valence-corrected chi connectivity index (χ0v) is 22.2. The van der Waals surface area contributed by atoms with Gasteiger partial charge in [-0.15, -0.1) is 11.8 Å². The van der Waals surface area contributed by atoms with Crippen LogP contribution in [0.4, 0.5) is 10.2 Å². The van der Waals surface area contributed by atoms with E-state index in [1.165, 1.54) is 17.8 Å². The van der Waals surface area contributed by atoms with E-state index in [0.717, 1.165) is 11.3 Å². The number of benzene rings is 1.